The summed E-state index contributed by atoms with van der Waals surface area (Å²) in [6, 6.07) is 0. The molecule has 27 heavy (non-hydrogen) atoms. The maximum Gasteiger partial charge on any atom is 0.192 e. The third-order valence-electron chi connectivity index (χ3n) is 5.25. The quantitative estimate of drug-likeness (QED) is 0.205. The van der Waals surface area contributed by atoms with Crippen LogP contribution in [-0.2, 0) is 28.6 Å². The van der Waals surface area contributed by atoms with Gasteiger partial charge < -0.3 is 8.98 Å². The first-order valence-corrected chi connectivity index (χ1v) is 14.7. The minimum absolute atomic E-state index is 0.172. The Morgan fingerprint density at radius 3 is 2.22 bits per heavy atom. The van der Waals surface area contributed by atoms with E-state index in [1.807, 2.05) is 20.8 Å². The molecule has 0 N–H and O–H groups in total. The van der Waals surface area contributed by atoms with Crippen molar-refractivity contribution in [3.63, 3.8) is 0 Å². The Labute approximate surface area is 184 Å². The van der Waals surface area contributed by atoms with Crippen molar-refractivity contribution in [1.29, 1.82) is 0 Å². The van der Waals surface area contributed by atoms with E-state index >= 15 is 0 Å². The summed E-state index contributed by atoms with van der Waals surface area (Å²) in [5.41, 5.74) is 3.11. The van der Waals surface area contributed by atoms with Crippen LogP contribution < -0.4 is 0 Å². The number of aromatic nitrogens is 1. The van der Waals surface area contributed by atoms with Gasteiger partial charge in [0.2, 0.25) is 0 Å². The molecule has 1 aliphatic carbocycles. The van der Waals surface area contributed by atoms with Gasteiger partial charge in [-0.25, -0.2) is 4.98 Å². The second-order valence-electron chi connectivity index (χ2n) is 9.56. The summed E-state index contributed by atoms with van der Waals surface area (Å²) in [5.74, 6) is 0. The lowest BCUT2D eigenvalue weighted by atomic mass is 10.1. The Balaban J connectivity index is 2.26. The van der Waals surface area contributed by atoms with E-state index in [0.717, 1.165) is 21.9 Å². The second-order valence-corrected chi connectivity index (χ2v) is 17.8. The van der Waals surface area contributed by atoms with Crippen molar-refractivity contribution in [3.8, 4) is 0 Å². The number of pyridine rings is 1. The predicted octanol–water partition coefficient (Wildman–Crippen LogP) is 5.98. The number of rotatable bonds is 4. The van der Waals surface area contributed by atoms with E-state index in [9.17, 15) is 4.55 Å². The first-order valence-electron chi connectivity index (χ1n) is 9.14. The second kappa shape index (κ2) is 8.18. The molecule has 0 fully saturated rings. The molecule has 1 aliphatic rings. The van der Waals surface area contributed by atoms with Crippen LogP contribution in [0.4, 0.5) is 0 Å². The summed E-state index contributed by atoms with van der Waals surface area (Å²) in [6.07, 6.45) is 3.50. The number of hydrogen-bond acceptors (Lipinski definition) is 4. The van der Waals surface area contributed by atoms with Crippen LogP contribution in [0.3, 0.4) is 0 Å². The summed E-state index contributed by atoms with van der Waals surface area (Å²) < 4.78 is 24.4. The molecule has 0 radical (unpaired) electrons. The first kappa shape index (κ1) is 23.5. The highest BCUT2D eigenvalue weighted by Crippen LogP contribution is 2.41. The smallest absolute Gasteiger partial charge is 0.192 e. The molecule has 1 aromatic rings. The van der Waals surface area contributed by atoms with E-state index in [-0.39, 0.29) is 15.9 Å². The van der Waals surface area contributed by atoms with Crippen LogP contribution in [-0.4, -0.2) is 34.9 Å². The van der Waals surface area contributed by atoms with Gasteiger partial charge in [0.1, 0.15) is 32.6 Å². The fourth-order valence-corrected chi connectivity index (χ4v) is 5.65. The van der Waals surface area contributed by atoms with E-state index < -0.39 is 19.7 Å². The van der Waals surface area contributed by atoms with Gasteiger partial charge >= 0.3 is 0 Å². The van der Waals surface area contributed by atoms with E-state index in [2.05, 4.69) is 75.1 Å². The molecule has 0 bridgehead atoms. The van der Waals surface area contributed by atoms with Crippen molar-refractivity contribution >= 4 is 57.8 Å². The Morgan fingerprint density at radius 2 is 1.70 bits per heavy atom. The summed E-state index contributed by atoms with van der Waals surface area (Å²) in [4.78, 5) is 4.62. The molecule has 0 aromatic carbocycles. The topological polar surface area (TPSA) is 57.5 Å². The molecule has 8 heteroatoms. The van der Waals surface area contributed by atoms with Crippen LogP contribution in [0.5, 0.6) is 0 Å². The molecule has 0 amide bonds. The molecule has 2 atom stereocenters. The van der Waals surface area contributed by atoms with Gasteiger partial charge in [-0.3, -0.25) is 0 Å². The lowest BCUT2D eigenvalue weighted by Crippen LogP contribution is -2.44. The number of fused-ring (bicyclic) bond motifs is 1. The van der Waals surface area contributed by atoms with Crippen LogP contribution in [0.2, 0.25) is 18.1 Å². The molecular weight excluding hydrogens is 508 g/mol. The Morgan fingerprint density at radius 1 is 1.15 bits per heavy atom. The highest BCUT2D eigenvalue weighted by atomic mass is 79.9. The normalized spacial score (nSPS) is 19.6. The van der Waals surface area contributed by atoms with Crippen molar-refractivity contribution in [1.82, 2.24) is 4.98 Å². The van der Waals surface area contributed by atoms with Crippen LogP contribution >= 0.6 is 31.9 Å². The van der Waals surface area contributed by atoms with Gasteiger partial charge in [0.25, 0.3) is 0 Å². The molecule has 1 aromatic heterocycles. The highest BCUT2D eigenvalue weighted by Gasteiger charge is 2.41. The third-order valence-corrected chi connectivity index (χ3v) is 12.7. The molecule has 0 spiro atoms. The minimum Gasteiger partial charge on any atom is -0.591 e. The SMILES string of the molecule is CC(C)(C)[S+]([O-])N=Cc1nc(Br)c2c(c1Br)C[C@H](O[Si](C)(C)C(C)(C)C)C2. The standard InChI is InChI=1S/C19H30Br2N2O2SSi/c1-18(2,3)26(24)22-11-15-16(20)13-9-12(10-14(13)17(21)23-15)25-27(7,8)19(4,5)6/h11-12H,9-10H2,1-8H3/t12-,26?/m0/s1. The van der Waals surface area contributed by atoms with Crippen molar-refractivity contribution in [3.05, 3.63) is 25.9 Å². The lowest BCUT2D eigenvalue weighted by molar-refractivity contribution is 0.191. The predicted molar refractivity (Wildman–Crippen MR) is 125 cm³/mol. The zero-order chi connectivity index (χ0) is 20.8. The van der Waals surface area contributed by atoms with Gasteiger partial charge in [-0.15, -0.1) is 0 Å². The van der Waals surface area contributed by atoms with Crippen molar-refractivity contribution in [2.45, 2.75) is 83.4 Å². The molecule has 4 nitrogen and oxygen atoms in total. The number of halogens is 2. The van der Waals surface area contributed by atoms with Crippen LogP contribution in [0.15, 0.2) is 13.5 Å². The molecule has 152 valence electrons. The minimum atomic E-state index is -1.83. The molecular formula is C19H30Br2N2O2SSi. The van der Waals surface area contributed by atoms with E-state index in [1.54, 1.807) is 6.21 Å². The fraction of sp³-hybridized carbons (Fsp3) is 0.684. The summed E-state index contributed by atoms with van der Waals surface area (Å²) in [6.45, 7) is 17.1. The van der Waals surface area contributed by atoms with E-state index in [0.29, 0.717) is 5.69 Å². The van der Waals surface area contributed by atoms with Gasteiger partial charge in [-0.05, 0) is 88.3 Å². The van der Waals surface area contributed by atoms with E-state index in [4.69, 9.17) is 4.43 Å². The van der Waals surface area contributed by atoms with Crippen molar-refractivity contribution < 1.29 is 8.98 Å². The highest BCUT2D eigenvalue weighted by molar-refractivity contribution is 9.11. The Kier molecular flexibility index (Phi) is 7.14. The monoisotopic (exact) mass is 536 g/mol. The van der Waals surface area contributed by atoms with Crippen LogP contribution in [0, 0.1) is 0 Å². The number of hydrogen-bond donors (Lipinski definition) is 0. The van der Waals surface area contributed by atoms with Gasteiger partial charge in [0.05, 0.1) is 6.10 Å². The third kappa shape index (κ3) is 5.45. The number of nitrogens with zero attached hydrogens (tertiary/aromatic N) is 2. The van der Waals surface area contributed by atoms with Gasteiger partial charge in [-0.1, -0.05) is 25.2 Å². The molecule has 1 unspecified atom stereocenters. The maximum atomic E-state index is 12.2. The first-order chi connectivity index (χ1) is 12.1. The van der Waals surface area contributed by atoms with Crippen molar-refractivity contribution in [2.24, 2.45) is 4.40 Å². The van der Waals surface area contributed by atoms with Gasteiger partial charge in [0, 0.05) is 10.9 Å². The van der Waals surface area contributed by atoms with Crippen molar-refractivity contribution in [2.75, 3.05) is 0 Å². The van der Waals surface area contributed by atoms with Gasteiger partial charge in [0.15, 0.2) is 8.32 Å². The Hall–Kier alpha value is 0.267. The summed E-state index contributed by atoms with van der Waals surface area (Å²) >= 11 is 6.00. The molecule has 0 saturated heterocycles. The lowest BCUT2D eigenvalue weighted by Gasteiger charge is -2.38. The summed E-state index contributed by atoms with van der Waals surface area (Å²) in [5, 5.41) is 0.184. The zero-order valence-electron chi connectivity index (χ0n) is 17.4. The van der Waals surface area contributed by atoms with Gasteiger partial charge in [-0.2, -0.15) is 0 Å². The molecule has 1 heterocycles. The Bertz CT molecular complexity index is 743. The average Bonchev–Trinajstić information content (AvgIpc) is 2.90. The summed E-state index contributed by atoms with van der Waals surface area (Å²) in [7, 11) is -1.83. The zero-order valence-corrected chi connectivity index (χ0v) is 22.4. The molecule has 2 rings (SSSR count). The van der Waals surface area contributed by atoms with Crippen LogP contribution in [0.1, 0.15) is 58.4 Å². The molecule has 0 aliphatic heterocycles. The fourth-order valence-electron chi connectivity index (χ4n) is 2.60. The molecule has 0 saturated carbocycles. The largest absolute Gasteiger partial charge is 0.591 e. The van der Waals surface area contributed by atoms with E-state index in [1.165, 1.54) is 11.1 Å². The van der Waals surface area contributed by atoms with Crippen LogP contribution in [0.25, 0.3) is 0 Å². The maximum absolute atomic E-state index is 12.2. The average molecular weight is 538 g/mol.